The highest BCUT2D eigenvalue weighted by atomic mass is 32.2. The van der Waals surface area contributed by atoms with Crippen LogP contribution in [0.5, 0.6) is 0 Å². The second-order valence-corrected chi connectivity index (χ2v) is 5.41. The van der Waals surface area contributed by atoms with Gasteiger partial charge in [0.2, 0.25) is 10.0 Å². The fourth-order valence-corrected chi connectivity index (χ4v) is 2.40. The van der Waals surface area contributed by atoms with Gasteiger partial charge in [-0.25, -0.2) is 13.4 Å². The third-order valence-corrected chi connectivity index (χ3v) is 4.09. The van der Waals surface area contributed by atoms with E-state index in [1.807, 2.05) is 6.07 Å². The van der Waals surface area contributed by atoms with E-state index in [9.17, 15) is 8.42 Å². The van der Waals surface area contributed by atoms with Crippen LogP contribution in [0.1, 0.15) is 6.42 Å². The van der Waals surface area contributed by atoms with Gasteiger partial charge in [-0.15, -0.1) is 0 Å². The molecule has 1 heterocycles. The molecular weight excluding hydrogens is 240 g/mol. The van der Waals surface area contributed by atoms with Gasteiger partial charge in [0.15, 0.2) is 0 Å². The smallest absolute Gasteiger partial charge is 0.243 e. The van der Waals surface area contributed by atoms with E-state index in [1.54, 1.807) is 7.05 Å². The number of rotatable bonds is 5. The highest BCUT2D eigenvalue weighted by Crippen LogP contribution is 2.16. The molecule has 1 aromatic heterocycles. The zero-order chi connectivity index (χ0) is 12.9. The summed E-state index contributed by atoms with van der Waals surface area (Å²) in [5.41, 5.74) is 0. The highest BCUT2D eigenvalue weighted by Gasteiger charge is 2.20. The maximum atomic E-state index is 12.1. The predicted molar refractivity (Wildman–Crippen MR) is 63.8 cm³/mol. The number of nitrogens with one attached hydrogen (secondary N) is 1. The van der Waals surface area contributed by atoms with Crippen LogP contribution in [0.4, 0.5) is 5.82 Å². The number of nitrogens with zero attached hydrogens (tertiary/aromatic N) is 3. The predicted octanol–water partition coefficient (Wildman–Crippen LogP) is 0.657. The molecule has 0 saturated carbocycles. The number of hydrogen-bond acceptors (Lipinski definition) is 5. The Kier molecular flexibility index (Phi) is 4.43. The Morgan fingerprint density at radius 2 is 2.29 bits per heavy atom. The number of hydrogen-bond donors (Lipinski definition) is 1. The Morgan fingerprint density at radius 3 is 2.88 bits per heavy atom. The normalized spacial score (nSPS) is 11.2. The average molecular weight is 254 g/mol. The van der Waals surface area contributed by atoms with Gasteiger partial charge in [0, 0.05) is 39.3 Å². The third-order valence-electron chi connectivity index (χ3n) is 2.23. The maximum absolute atomic E-state index is 12.1. The first-order chi connectivity index (χ1) is 8.02. The lowest BCUT2D eigenvalue weighted by molar-refractivity contribution is 0.476. The summed E-state index contributed by atoms with van der Waals surface area (Å²) in [6, 6.07) is 4.80. The first kappa shape index (κ1) is 13.4. The number of anilines is 1. The van der Waals surface area contributed by atoms with E-state index >= 15 is 0 Å². The first-order valence-corrected chi connectivity index (χ1v) is 6.43. The van der Waals surface area contributed by atoms with Crippen LogP contribution in [0, 0.1) is 11.3 Å². The molecule has 0 radical (unpaired) electrons. The van der Waals surface area contributed by atoms with Crippen molar-refractivity contribution in [3.8, 4) is 6.07 Å². The molecule has 1 rings (SSSR count). The first-order valence-electron chi connectivity index (χ1n) is 4.99. The average Bonchev–Trinajstić information content (AvgIpc) is 2.35. The fraction of sp³-hybridized carbons (Fsp3) is 0.400. The molecule has 0 unspecified atom stereocenters. The van der Waals surface area contributed by atoms with E-state index in [1.165, 1.54) is 25.4 Å². The standard InChI is InChI=1S/C10H14N4O2S/c1-12-10-8-9(4-6-13-10)17(15,16)14(2)7-3-5-11/h4,6,8H,3,7H2,1-2H3,(H,12,13). The van der Waals surface area contributed by atoms with Crippen LogP contribution in [0.3, 0.4) is 0 Å². The van der Waals surface area contributed by atoms with E-state index in [-0.39, 0.29) is 17.9 Å². The zero-order valence-corrected chi connectivity index (χ0v) is 10.5. The monoisotopic (exact) mass is 254 g/mol. The van der Waals surface area contributed by atoms with Crippen molar-refractivity contribution in [1.82, 2.24) is 9.29 Å². The Bertz CT molecular complexity index is 521. The van der Waals surface area contributed by atoms with E-state index in [2.05, 4.69) is 10.3 Å². The summed E-state index contributed by atoms with van der Waals surface area (Å²) in [6.45, 7) is 0.177. The van der Waals surface area contributed by atoms with Crippen LogP contribution >= 0.6 is 0 Å². The molecule has 0 saturated heterocycles. The van der Waals surface area contributed by atoms with Gasteiger partial charge in [0.1, 0.15) is 5.82 Å². The zero-order valence-electron chi connectivity index (χ0n) is 9.71. The minimum absolute atomic E-state index is 0.164. The topological polar surface area (TPSA) is 86.1 Å². The van der Waals surface area contributed by atoms with Gasteiger partial charge in [-0.05, 0) is 6.07 Å². The molecule has 7 heteroatoms. The van der Waals surface area contributed by atoms with Gasteiger partial charge in [-0.2, -0.15) is 9.57 Å². The molecule has 0 fully saturated rings. The van der Waals surface area contributed by atoms with Gasteiger partial charge in [-0.1, -0.05) is 0 Å². The summed E-state index contributed by atoms with van der Waals surface area (Å²) in [5.74, 6) is 0.486. The van der Waals surface area contributed by atoms with Crippen LogP contribution < -0.4 is 5.32 Å². The van der Waals surface area contributed by atoms with E-state index in [0.717, 1.165) is 4.31 Å². The van der Waals surface area contributed by atoms with Gasteiger partial charge in [-0.3, -0.25) is 0 Å². The van der Waals surface area contributed by atoms with Crippen molar-refractivity contribution in [2.45, 2.75) is 11.3 Å². The molecule has 0 atom stereocenters. The largest absolute Gasteiger partial charge is 0.373 e. The summed E-state index contributed by atoms with van der Waals surface area (Å²) in [6.07, 6.45) is 1.59. The molecule has 92 valence electrons. The van der Waals surface area contributed by atoms with Crippen LogP contribution in [0.15, 0.2) is 23.2 Å². The van der Waals surface area contributed by atoms with Crippen molar-refractivity contribution in [3.05, 3.63) is 18.3 Å². The lowest BCUT2D eigenvalue weighted by atomic mass is 10.5. The minimum atomic E-state index is -3.54. The molecular formula is C10H14N4O2S. The van der Waals surface area contributed by atoms with Crippen molar-refractivity contribution in [2.75, 3.05) is 26.0 Å². The second-order valence-electron chi connectivity index (χ2n) is 3.36. The Balaban J connectivity index is 3.00. The number of aromatic nitrogens is 1. The van der Waals surface area contributed by atoms with E-state index < -0.39 is 10.0 Å². The summed E-state index contributed by atoms with van der Waals surface area (Å²) >= 11 is 0. The number of nitriles is 1. The van der Waals surface area contributed by atoms with Crippen molar-refractivity contribution in [1.29, 1.82) is 5.26 Å². The molecule has 0 bridgehead atoms. The Morgan fingerprint density at radius 1 is 1.59 bits per heavy atom. The molecule has 0 aliphatic rings. The van der Waals surface area contributed by atoms with Crippen LogP contribution in [0.25, 0.3) is 0 Å². The van der Waals surface area contributed by atoms with E-state index in [0.29, 0.717) is 5.82 Å². The molecule has 0 aromatic carbocycles. The summed E-state index contributed by atoms with van der Waals surface area (Å²) in [7, 11) is -0.426. The molecule has 0 amide bonds. The third kappa shape index (κ3) is 3.15. The SMILES string of the molecule is CNc1cc(S(=O)(=O)N(C)CCC#N)ccn1. The van der Waals surface area contributed by atoms with Crippen LogP contribution in [-0.4, -0.2) is 38.3 Å². The maximum Gasteiger partial charge on any atom is 0.243 e. The lowest BCUT2D eigenvalue weighted by Crippen LogP contribution is -2.27. The lowest BCUT2D eigenvalue weighted by Gasteiger charge is -2.15. The van der Waals surface area contributed by atoms with Crippen molar-refractivity contribution < 1.29 is 8.42 Å². The van der Waals surface area contributed by atoms with Gasteiger partial charge < -0.3 is 5.32 Å². The van der Waals surface area contributed by atoms with Crippen molar-refractivity contribution in [2.24, 2.45) is 0 Å². The van der Waals surface area contributed by atoms with Crippen LogP contribution in [0.2, 0.25) is 0 Å². The molecule has 17 heavy (non-hydrogen) atoms. The molecule has 1 aromatic rings. The van der Waals surface area contributed by atoms with Gasteiger partial charge in [0.25, 0.3) is 0 Å². The van der Waals surface area contributed by atoms with Crippen molar-refractivity contribution >= 4 is 15.8 Å². The van der Waals surface area contributed by atoms with E-state index in [4.69, 9.17) is 5.26 Å². The quantitative estimate of drug-likeness (QED) is 0.834. The molecule has 0 spiro atoms. The molecule has 0 aliphatic heterocycles. The number of pyridine rings is 1. The highest BCUT2D eigenvalue weighted by molar-refractivity contribution is 7.89. The summed E-state index contributed by atoms with van der Waals surface area (Å²) < 4.78 is 25.3. The van der Waals surface area contributed by atoms with Crippen LogP contribution in [-0.2, 0) is 10.0 Å². The molecule has 0 aliphatic carbocycles. The number of sulfonamides is 1. The fourth-order valence-electron chi connectivity index (χ4n) is 1.22. The Labute approximate surface area is 101 Å². The van der Waals surface area contributed by atoms with Gasteiger partial charge >= 0.3 is 0 Å². The molecule has 1 N–H and O–H groups in total. The van der Waals surface area contributed by atoms with Gasteiger partial charge in [0.05, 0.1) is 11.0 Å². The second kappa shape index (κ2) is 5.61. The minimum Gasteiger partial charge on any atom is -0.373 e. The summed E-state index contributed by atoms with van der Waals surface area (Å²) in [5, 5.41) is 11.2. The molecule has 6 nitrogen and oxygen atoms in total. The van der Waals surface area contributed by atoms with Crippen molar-refractivity contribution in [3.63, 3.8) is 0 Å². The Hall–Kier alpha value is -1.65. The summed E-state index contributed by atoms with van der Waals surface area (Å²) in [4.78, 5) is 4.11.